The lowest BCUT2D eigenvalue weighted by Gasteiger charge is -2.12. The van der Waals surface area contributed by atoms with Crippen LogP contribution in [0.5, 0.6) is 0 Å². The Morgan fingerprint density at radius 3 is 2.40 bits per heavy atom. The average Bonchev–Trinajstić information content (AvgIpc) is 2.33. The minimum atomic E-state index is -0.285. The maximum atomic E-state index is 5.45. The van der Waals surface area contributed by atoms with E-state index in [9.17, 15) is 0 Å². The SMILES string of the molecule is NNC(c1cncnc1)c1ncccn1. The van der Waals surface area contributed by atoms with Crippen LogP contribution in [0.1, 0.15) is 17.4 Å². The lowest BCUT2D eigenvalue weighted by molar-refractivity contribution is 0.597. The van der Waals surface area contributed by atoms with Gasteiger partial charge in [-0.05, 0) is 6.07 Å². The van der Waals surface area contributed by atoms with Gasteiger partial charge in [-0.15, -0.1) is 0 Å². The van der Waals surface area contributed by atoms with Crippen molar-refractivity contribution in [1.29, 1.82) is 0 Å². The summed E-state index contributed by atoms with van der Waals surface area (Å²) < 4.78 is 0. The summed E-state index contributed by atoms with van der Waals surface area (Å²) in [5, 5.41) is 0. The second kappa shape index (κ2) is 4.54. The van der Waals surface area contributed by atoms with Crippen LogP contribution in [-0.4, -0.2) is 19.9 Å². The first-order chi connectivity index (χ1) is 7.42. The van der Waals surface area contributed by atoms with Crippen LogP contribution in [-0.2, 0) is 0 Å². The van der Waals surface area contributed by atoms with E-state index in [1.165, 1.54) is 6.33 Å². The molecule has 2 aromatic heterocycles. The van der Waals surface area contributed by atoms with Crippen molar-refractivity contribution in [2.24, 2.45) is 5.84 Å². The molecule has 0 saturated carbocycles. The Morgan fingerprint density at radius 1 is 1.13 bits per heavy atom. The fourth-order valence-corrected chi connectivity index (χ4v) is 1.24. The Bertz CT molecular complexity index is 364. The molecular weight excluding hydrogens is 192 g/mol. The molecule has 0 amide bonds. The van der Waals surface area contributed by atoms with E-state index >= 15 is 0 Å². The van der Waals surface area contributed by atoms with Gasteiger partial charge in [-0.2, -0.15) is 0 Å². The van der Waals surface area contributed by atoms with Crippen molar-refractivity contribution in [1.82, 2.24) is 25.4 Å². The van der Waals surface area contributed by atoms with Crippen LogP contribution in [0.2, 0.25) is 0 Å². The molecule has 0 spiro atoms. The molecule has 1 unspecified atom stereocenters. The van der Waals surface area contributed by atoms with Crippen molar-refractivity contribution in [3.8, 4) is 0 Å². The summed E-state index contributed by atoms with van der Waals surface area (Å²) in [6.45, 7) is 0. The predicted molar refractivity (Wildman–Crippen MR) is 53.2 cm³/mol. The third-order valence-electron chi connectivity index (χ3n) is 1.92. The molecule has 0 radical (unpaired) electrons. The highest BCUT2D eigenvalue weighted by molar-refractivity contribution is 5.17. The van der Waals surface area contributed by atoms with Crippen LogP contribution >= 0.6 is 0 Å². The summed E-state index contributed by atoms with van der Waals surface area (Å²) in [6, 6.07) is 1.46. The first kappa shape index (κ1) is 9.63. The highest BCUT2D eigenvalue weighted by atomic mass is 15.2. The molecule has 1 atom stereocenters. The van der Waals surface area contributed by atoms with E-state index < -0.39 is 0 Å². The molecule has 0 bridgehead atoms. The summed E-state index contributed by atoms with van der Waals surface area (Å²) in [7, 11) is 0. The number of hydrazine groups is 1. The maximum absolute atomic E-state index is 5.45. The van der Waals surface area contributed by atoms with Gasteiger partial charge in [0.05, 0.1) is 0 Å². The van der Waals surface area contributed by atoms with Crippen LogP contribution in [0.3, 0.4) is 0 Å². The molecule has 76 valence electrons. The van der Waals surface area contributed by atoms with Gasteiger partial charge in [0, 0.05) is 30.4 Å². The number of hydrogen-bond acceptors (Lipinski definition) is 6. The van der Waals surface area contributed by atoms with Crippen molar-refractivity contribution < 1.29 is 0 Å². The van der Waals surface area contributed by atoms with Gasteiger partial charge in [-0.25, -0.2) is 25.4 Å². The Labute approximate surface area is 86.6 Å². The van der Waals surface area contributed by atoms with Gasteiger partial charge in [0.25, 0.3) is 0 Å². The quantitative estimate of drug-likeness (QED) is 0.530. The minimum Gasteiger partial charge on any atom is -0.270 e. The zero-order valence-electron chi connectivity index (χ0n) is 7.91. The molecule has 0 aromatic carbocycles. The summed E-state index contributed by atoms with van der Waals surface area (Å²) in [5.41, 5.74) is 3.45. The van der Waals surface area contributed by atoms with Gasteiger partial charge in [0.15, 0.2) is 5.82 Å². The second-order valence-corrected chi connectivity index (χ2v) is 2.88. The number of aromatic nitrogens is 4. The van der Waals surface area contributed by atoms with Crippen molar-refractivity contribution in [2.45, 2.75) is 6.04 Å². The third-order valence-corrected chi connectivity index (χ3v) is 1.92. The molecule has 0 saturated heterocycles. The zero-order chi connectivity index (χ0) is 10.5. The van der Waals surface area contributed by atoms with Gasteiger partial charge in [0.1, 0.15) is 12.4 Å². The van der Waals surface area contributed by atoms with E-state index in [1.54, 1.807) is 30.9 Å². The van der Waals surface area contributed by atoms with E-state index in [-0.39, 0.29) is 6.04 Å². The Hall–Kier alpha value is -1.92. The van der Waals surface area contributed by atoms with Gasteiger partial charge in [-0.1, -0.05) is 0 Å². The Balaban J connectivity index is 2.34. The Morgan fingerprint density at radius 2 is 1.80 bits per heavy atom. The van der Waals surface area contributed by atoms with E-state index in [0.717, 1.165) is 5.56 Å². The van der Waals surface area contributed by atoms with Crippen molar-refractivity contribution in [3.05, 3.63) is 48.6 Å². The van der Waals surface area contributed by atoms with Crippen molar-refractivity contribution >= 4 is 0 Å². The molecule has 6 nitrogen and oxygen atoms in total. The fourth-order valence-electron chi connectivity index (χ4n) is 1.24. The molecule has 2 aromatic rings. The minimum absolute atomic E-state index is 0.285. The largest absolute Gasteiger partial charge is 0.270 e. The van der Waals surface area contributed by atoms with E-state index in [0.29, 0.717) is 5.82 Å². The van der Waals surface area contributed by atoms with Gasteiger partial charge >= 0.3 is 0 Å². The van der Waals surface area contributed by atoms with E-state index in [4.69, 9.17) is 5.84 Å². The zero-order valence-corrected chi connectivity index (χ0v) is 7.91. The van der Waals surface area contributed by atoms with Crippen LogP contribution in [0.25, 0.3) is 0 Å². The molecule has 3 N–H and O–H groups in total. The molecule has 0 fully saturated rings. The van der Waals surface area contributed by atoms with Crippen molar-refractivity contribution in [3.63, 3.8) is 0 Å². The summed E-state index contributed by atoms with van der Waals surface area (Å²) in [4.78, 5) is 16.1. The molecule has 15 heavy (non-hydrogen) atoms. The molecule has 0 aliphatic rings. The summed E-state index contributed by atoms with van der Waals surface area (Å²) in [5.74, 6) is 6.04. The Kier molecular flexibility index (Phi) is 2.91. The molecule has 6 heteroatoms. The molecular formula is C9H10N6. The van der Waals surface area contributed by atoms with Crippen LogP contribution < -0.4 is 11.3 Å². The van der Waals surface area contributed by atoms with Crippen molar-refractivity contribution in [2.75, 3.05) is 0 Å². The monoisotopic (exact) mass is 202 g/mol. The van der Waals surface area contributed by atoms with Crippen LogP contribution in [0.4, 0.5) is 0 Å². The highest BCUT2D eigenvalue weighted by Gasteiger charge is 2.14. The smallest absolute Gasteiger partial charge is 0.151 e. The average molecular weight is 202 g/mol. The van der Waals surface area contributed by atoms with Gasteiger partial charge in [-0.3, -0.25) is 5.84 Å². The topological polar surface area (TPSA) is 89.6 Å². The summed E-state index contributed by atoms with van der Waals surface area (Å²) in [6.07, 6.45) is 8.14. The lowest BCUT2D eigenvalue weighted by atomic mass is 10.1. The number of nitrogens with one attached hydrogen (secondary N) is 1. The standard InChI is InChI=1S/C9H10N6/c10-15-8(7-4-11-6-12-5-7)9-13-2-1-3-14-9/h1-6,8,15H,10H2. The first-order valence-corrected chi connectivity index (χ1v) is 4.40. The van der Waals surface area contributed by atoms with Gasteiger partial charge < -0.3 is 0 Å². The summed E-state index contributed by atoms with van der Waals surface area (Å²) >= 11 is 0. The number of nitrogens with zero attached hydrogens (tertiary/aromatic N) is 4. The highest BCUT2D eigenvalue weighted by Crippen LogP contribution is 2.14. The number of rotatable bonds is 3. The van der Waals surface area contributed by atoms with Crippen LogP contribution in [0, 0.1) is 0 Å². The predicted octanol–water partition coefficient (Wildman–Crippen LogP) is -0.181. The number of hydrogen-bond donors (Lipinski definition) is 2. The van der Waals surface area contributed by atoms with Gasteiger partial charge in [0.2, 0.25) is 0 Å². The lowest BCUT2D eigenvalue weighted by Crippen LogP contribution is -2.30. The molecule has 2 rings (SSSR count). The second-order valence-electron chi connectivity index (χ2n) is 2.88. The third kappa shape index (κ3) is 2.12. The van der Waals surface area contributed by atoms with E-state index in [2.05, 4.69) is 25.4 Å². The fraction of sp³-hybridized carbons (Fsp3) is 0.111. The molecule has 0 aliphatic carbocycles. The van der Waals surface area contributed by atoms with Crippen LogP contribution in [0.15, 0.2) is 37.2 Å². The molecule has 2 heterocycles. The molecule has 0 aliphatic heterocycles. The number of nitrogens with two attached hydrogens (primary N) is 1. The maximum Gasteiger partial charge on any atom is 0.151 e. The first-order valence-electron chi connectivity index (χ1n) is 4.40. The normalized spacial score (nSPS) is 12.3. The van der Waals surface area contributed by atoms with E-state index in [1.807, 2.05) is 0 Å².